The third kappa shape index (κ3) is 4.54. The highest BCUT2D eigenvalue weighted by Crippen LogP contribution is 2.39. The fourth-order valence-corrected chi connectivity index (χ4v) is 4.47. The van der Waals surface area contributed by atoms with Gasteiger partial charge in [-0.05, 0) is 53.8 Å². The number of benzene rings is 2. The molecule has 5 rings (SSSR count). The summed E-state index contributed by atoms with van der Waals surface area (Å²) in [5, 5.41) is 0. The van der Waals surface area contributed by atoms with Crippen molar-refractivity contribution >= 4 is 11.4 Å². The number of furan rings is 1. The lowest BCUT2D eigenvalue weighted by Gasteiger charge is -2.19. The van der Waals surface area contributed by atoms with Crippen molar-refractivity contribution in [2.75, 3.05) is 6.79 Å². The van der Waals surface area contributed by atoms with Crippen LogP contribution in [-0.4, -0.2) is 12.6 Å². The number of ketones is 1. The number of Topliss-reactive ketones (excluding diaryl/α,β-unsaturated/α-hetero) is 1. The number of rotatable bonds is 9. The minimum atomic E-state index is 0.241. The first-order valence-electron chi connectivity index (χ1n) is 11.1. The molecule has 0 fully saturated rings. The maximum Gasteiger partial charge on any atom is 0.231 e. The highest BCUT2D eigenvalue weighted by atomic mass is 16.7. The van der Waals surface area contributed by atoms with Crippen LogP contribution >= 0.6 is 0 Å². The Morgan fingerprint density at radius 3 is 2.56 bits per heavy atom. The number of hydrogen-bond donors (Lipinski definition) is 0. The van der Waals surface area contributed by atoms with E-state index in [1.54, 1.807) is 6.26 Å². The molecule has 32 heavy (non-hydrogen) atoms. The first kappa shape index (κ1) is 20.4. The molecule has 4 heteroatoms. The van der Waals surface area contributed by atoms with Crippen LogP contribution < -0.4 is 9.47 Å². The van der Waals surface area contributed by atoms with Gasteiger partial charge in [-0.3, -0.25) is 4.79 Å². The summed E-state index contributed by atoms with van der Waals surface area (Å²) in [5.41, 5.74) is 4.93. The van der Waals surface area contributed by atoms with Crippen LogP contribution in [0.15, 0.2) is 89.1 Å². The fourth-order valence-electron chi connectivity index (χ4n) is 4.47. The average Bonchev–Trinajstić information content (AvgIpc) is 3.58. The predicted octanol–water partition coefficient (Wildman–Crippen LogP) is 6.17. The van der Waals surface area contributed by atoms with Gasteiger partial charge in [0.2, 0.25) is 6.79 Å². The largest absolute Gasteiger partial charge is 0.469 e. The fraction of sp³-hybridized carbons (Fsp3) is 0.250. The van der Waals surface area contributed by atoms with E-state index in [-0.39, 0.29) is 18.5 Å². The zero-order valence-electron chi connectivity index (χ0n) is 18.0. The Balaban J connectivity index is 1.19. The standard InChI is InChI=1S/C28H26O4/c29-23(12-8-20-9-15-27-28(17-20)32-19-31-27)13-10-22-11-14-25(21-5-2-1-3-6-21)26(22)18-24-7-4-16-30-24/h1-7,9,11,14-17,26H,8,10,12-13,18-19H2. The van der Waals surface area contributed by atoms with Crippen LogP contribution in [-0.2, 0) is 17.6 Å². The molecule has 2 aromatic carbocycles. The van der Waals surface area contributed by atoms with E-state index in [1.165, 1.54) is 16.7 Å². The van der Waals surface area contributed by atoms with Crippen molar-refractivity contribution in [3.8, 4) is 11.5 Å². The molecule has 0 radical (unpaired) electrons. The Hall–Kier alpha value is -3.53. The third-order valence-electron chi connectivity index (χ3n) is 6.21. The molecule has 162 valence electrons. The Labute approximate surface area is 188 Å². The second-order valence-corrected chi connectivity index (χ2v) is 8.29. The molecule has 1 aliphatic heterocycles. The zero-order chi connectivity index (χ0) is 21.8. The number of carbonyl (C=O) groups is 1. The van der Waals surface area contributed by atoms with Gasteiger partial charge in [0.25, 0.3) is 0 Å². The Morgan fingerprint density at radius 1 is 0.875 bits per heavy atom. The zero-order valence-corrected chi connectivity index (χ0v) is 18.0. The minimum Gasteiger partial charge on any atom is -0.469 e. The van der Waals surface area contributed by atoms with Gasteiger partial charge in [-0.2, -0.15) is 0 Å². The molecule has 0 bridgehead atoms. The molecule has 3 aromatic rings. The number of ether oxygens (including phenoxy) is 2. The van der Waals surface area contributed by atoms with E-state index in [2.05, 4.69) is 36.4 Å². The molecule has 1 atom stereocenters. The molecule has 0 saturated heterocycles. The third-order valence-corrected chi connectivity index (χ3v) is 6.21. The first-order chi connectivity index (χ1) is 15.8. The summed E-state index contributed by atoms with van der Waals surface area (Å²) in [4.78, 5) is 12.7. The van der Waals surface area contributed by atoms with Crippen molar-refractivity contribution in [2.45, 2.75) is 32.1 Å². The van der Waals surface area contributed by atoms with Crippen LogP contribution in [0.2, 0.25) is 0 Å². The van der Waals surface area contributed by atoms with E-state index >= 15 is 0 Å². The van der Waals surface area contributed by atoms with Crippen LogP contribution in [0.4, 0.5) is 0 Å². The van der Waals surface area contributed by atoms with E-state index in [1.807, 2.05) is 36.4 Å². The molecule has 4 nitrogen and oxygen atoms in total. The topological polar surface area (TPSA) is 48.7 Å². The van der Waals surface area contributed by atoms with Crippen molar-refractivity contribution in [1.29, 1.82) is 0 Å². The Morgan fingerprint density at radius 2 is 1.72 bits per heavy atom. The van der Waals surface area contributed by atoms with Crippen molar-refractivity contribution in [2.24, 2.45) is 5.92 Å². The molecule has 0 N–H and O–H groups in total. The SMILES string of the molecule is O=C(CCC1=CC=C(c2ccccc2)C1Cc1ccco1)CCc1ccc2c(c1)OCO2. The highest BCUT2D eigenvalue weighted by molar-refractivity contribution is 5.80. The number of hydrogen-bond acceptors (Lipinski definition) is 4. The first-order valence-corrected chi connectivity index (χ1v) is 11.1. The van der Waals surface area contributed by atoms with E-state index in [4.69, 9.17) is 13.9 Å². The smallest absolute Gasteiger partial charge is 0.231 e. The molecular weight excluding hydrogens is 400 g/mol. The molecule has 2 heterocycles. The van der Waals surface area contributed by atoms with Crippen LogP contribution in [0.25, 0.3) is 5.57 Å². The number of carbonyl (C=O) groups excluding carboxylic acids is 1. The molecule has 0 amide bonds. The van der Waals surface area contributed by atoms with Crippen LogP contribution in [0.1, 0.15) is 36.1 Å². The van der Waals surface area contributed by atoms with Gasteiger partial charge in [-0.15, -0.1) is 0 Å². The molecule has 0 saturated carbocycles. The summed E-state index contributed by atoms with van der Waals surface area (Å²) >= 11 is 0. The van der Waals surface area contributed by atoms with E-state index in [9.17, 15) is 4.79 Å². The predicted molar refractivity (Wildman–Crippen MR) is 124 cm³/mol. The van der Waals surface area contributed by atoms with Crippen molar-refractivity contribution in [3.63, 3.8) is 0 Å². The van der Waals surface area contributed by atoms with Gasteiger partial charge in [0.05, 0.1) is 6.26 Å². The van der Waals surface area contributed by atoms with E-state index in [0.29, 0.717) is 12.8 Å². The summed E-state index contributed by atoms with van der Waals surface area (Å²) in [7, 11) is 0. The summed E-state index contributed by atoms with van der Waals surface area (Å²) < 4.78 is 16.4. The second kappa shape index (κ2) is 9.31. The normalized spacial score (nSPS) is 16.7. The lowest BCUT2D eigenvalue weighted by molar-refractivity contribution is -0.119. The summed E-state index contributed by atoms with van der Waals surface area (Å²) in [6, 6.07) is 20.3. The van der Waals surface area contributed by atoms with Gasteiger partial charge >= 0.3 is 0 Å². The maximum atomic E-state index is 12.7. The van der Waals surface area contributed by atoms with E-state index in [0.717, 1.165) is 42.1 Å². The van der Waals surface area contributed by atoms with Crippen LogP contribution in [0, 0.1) is 5.92 Å². The molecule has 2 aliphatic rings. The van der Waals surface area contributed by atoms with Crippen LogP contribution in [0.3, 0.4) is 0 Å². The molecule has 1 unspecified atom stereocenters. The summed E-state index contributed by atoms with van der Waals surface area (Å²) in [5.74, 6) is 3.04. The van der Waals surface area contributed by atoms with Gasteiger partial charge < -0.3 is 13.9 Å². The van der Waals surface area contributed by atoms with Gasteiger partial charge in [0.15, 0.2) is 11.5 Å². The quantitative estimate of drug-likeness (QED) is 0.410. The molecule has 1 aromatic heterocycles. The molecule has 1 aliphatic carbocycles. The van der Waals surface area contributed by atoms with Crippen LogP contribution in [0.5, 0.6) is 11.5 Å². The summed E-state index contributed by atoms with van der Waals surface area (Å²) in [6.45, 7) is 0.269. The average molecular weight is 427 g/mol. The number of allylic oxidation sites excluding steroid dienone is 4. The number of fused-ring (bicyclic) bond motifs is 1. The molecular formula is C28H26O4. The van der Waals surface area contributed by atoms with Gasteiger partial charge in [-0.1, -0.05) is 54.1 Å². The highest BCUT2D eigenvalue weighted by Gasteiger charge is 2.25. The van der Waals surface area contributed by atoms with Gasteiger partial charge in [0.1, 0.15) is 11.5 Å². The minimum absolute atomic E-state index is 0.241. The molecule has 0 spiro atoms. The second-order valence-electron chi connectivity index (χ2n) is 8.29. The summed E-state index contributed by atoms with van der Waals surface area (Å²) in [6.07, 6.45) is 9.52. The Bertz CT molecular complexity index is 1140. The lowest BCUT2D eigenvalue weighted by atomic mass is 9.85. The van der Waals surface area contributed by atoms with Gasteiger partial charge in [0, 0.05) is 25.2 Å². The van der Waals surface area contributed by atoms with E-state index < -0.39 is 0 Å². The van der Waals surface area contributed by atoms with Gasteiger partial charge in [-0.25, -0.2) is 0 Å². The lowest BCUT2D eigenvalue weighted by Crippen LogP contribution is -2.09. The number of aryl methyl sites for hydroxylation is 1. The maximum absolute atomic E-state index is 12.7. The Kier molecular flexibility index (Phi) is 5.93. The van der Waals surface area contributed by atoms with Crippen molar-refractivity contribution < 1.29 is 18.7 Å². The van der Waals surface area contributed by atoms with Crippen molar-refractivity contribution in [3.05, 3.63) is 102 Å². The van der Waals surface area contributed by atoms with Crippen molar-refractivity contribution in [1.82, 2.24) is 0 Å². The monoisotopic (exact) mass is 426 g/mol.